The summed E-state index contributed by atoms with van der Waals surface area (Å²) in [5.41, 5.74) is 5.68. The summed E-state index contributed by atoms with van der Waals surface area (Å²) in [5, 5.41) is 0. The number of alkyl halides is 3. The molecule has 0 atom stereocenters. The summed E-state index contributed by atoms with van der Waals surface area (Å²) in [6.45, 7) is 2.23. The normalized spacial score (nSPS) is 12.2. The fraction of sp³-hybridized carbons (Fsp3) is 0.375. The van der Waals surface area contributed by atoms with Gasteiger partial charge in [0.25, 0.3) is 0 Å². The molecular weight excluding hydrogens is 223 g/mol. The highest BCUT2D eigenvalue weighted by atomic mass is 19.4. The largest absolute Gasteiger partial charge is 0.451 e. The van der Waals surface area contributed by atoms with Crippen LogP contribution in [0.2, 0.25) is 0 Å². The molecule has 16 heavy (non-hydrogen) atoms. The smallest absolute Gasteiger partial charge is 0.382 e. The quantitative estimate of drug-likeness (QED) is 0.806. The van der Waals surface area contributed by atoms with Crippen molar-refractivity contribution in [3.8, 4) is 0 Å². The second kappa shape index (κ2) is 3.32. The molecule has 2 aromatic rings. The number of hydrogen-bond acceptors (Lipinski definition) is 4. The molecule has 0 aromatic carbocycles. The van der Waals surface area contributed by atoms with E-state index in [1.165, 1.54) is 10.9 Å². The maximum Gasteiger partial charge on any atom is 0.451 e. The molecule has 2 rings (SSSR count). The zero-order valence-corrected chi connectivity index (χ0v) is 8.28. The van der Waals surface area contributed by atoms with E-state index in [9.17, 15) is 13.2 Å². The van der Waals surface area contributed by atoms with Crippen LogP contribution < -0.4 is 5.73 Å². The fourth-order valence-electron chi connectivity index (χ4n) is 1.32. The van der Waals surface area contributed by atoms with Crippen molar-refractivity contribution in [1.29, 1.82) is 0 Å². The number of hydrogen-bond donors (Lipinski definition) is 1. The van der Waals surface area contributed by atoms with Crippen LogP contribution in [0.25, 0.3) is 11.2 Å². The van der Waals surface area contributed by atoms with Gasteiger partial charge in [-0.3, -0.25) is 0 Å². The van der Waals surface area contributed by atoms with Crippen LogP contribution in [0.15, 0.2) is 6.33 Å². The Kier molecular flexibility index (Phi) is 2.21. The van der Waals surface area contributed by atoms with Gasteiger partial charge in [0.15, 0.2) is 11.5 Å². The van der Waals surface area contributed by atoms with Gasteiger partial charge in [-0.2, -0.15) is 13.2 Å². The number of nitrogens with zero attached hydrogens (tertiary/aromatic N) is 4. The van der Waals surface area contributed by atoms with Crippen LogP contribution in [0.4, 0.5) is 19.0 Å². The van der Waals surface area contributed by atoms with Crippen LogP contribution in [0.5, 0.6) is 0 Å². The van der Waals surface area contributed by atoms with E-state index < -0.39 is 12.0 Å². The Morgan fingerprint density at radius 2 is 2.06 bits per heavy atom. The Morgan fingerprint density at radius 3 is 2.62 bits per heavy atom. The molecule has 0 aliphatic rings. The van der Waals surface area contributed by atoms with Crippen molar-refractivity contribution in [3.05, 3.63) is 12.2 Å². The average Bonchev–Trinajstić information content (AvgIpc) is 2.59. The highest BCUT2D eigenvalue weighted by molar-refractivity contribution is 5.81. The second-order valence-corrected chi connectivity index (χ2v) is 3.13. The molecule has 0 amide bonds. The van der Waals surface area contributed by atoms with Crippen molar-refractivity contribution in [2.24, 2.45) is 0 Å². The van der Waals surface area contributed by atoms with Crippen LogP contribution >= 0.6 is 0 Å². The monoisotopic (exact) mass is 231 g/mol. The van der Waals surface area contributed by atoms with E-state index in [4.69, 9.17) is 5.73 Å². The van der Waals surface area contributed by atoms with Crippen LogP contribution in [0.1, 0.15) is 12.7 Å². The fourth-order valence-corrected chi connectivity index (χ4v) is 1.32. The van der Waals surface area contributed by atoms with Crippen LogP contribution in [-0.2, 0) is 12.7 Å². The van der Waals surface area contributed by atoms with Crippen molar-refractivity contribution in [2.45, 2.75) is 19.6 Å². The van der Waals surface area contributed by atoms with Gasteiger partial charge >= 0.3 is 6.18 Å². The number of rotatable bonds is 1. The number of fused-ring (bicyclic) bond motifs is 1. The van der Waals surface area contributed by atoms with Gasteiger partial charge in [-0.1, -0.05) is 0 Å². The van der Waals surface area contributed by atoms with Gasteiger partial charge in [-0.15, -0.1) is 0 Å². The summed E-state index contributed by atoms with van der Waals surface area (Å²) in [4.78, 5) is 10.5. The Balaban J connectivity index is 2.73. The third-order valence-corrected chi connectivity index (χ3v) is 2.09. The number of anilines is 1. The van der Waals surface area contributed by atoms with E-state index >= 15 is 0 Å². The molecule has 0 unspecified atom stereocenters. The van der Waals surface area contributed by atoms with Crippen molar-refractivity contribution in [3.63, 3.8) is 0 Å². The van der Waals surface area contributed by atoms with E-state index in [-0.39, 0.29) is 17.0 Å². The van der Waals surface area contributed by atoms with Gasteiger partial charge in [0.05, 0.1) is 6.33 Å². The minimum atomic E-state index is -4.61. The van der Waals surface area contributed by atoms with Gasteiger partial charge in [-0.25, -0.2) is 15.0 Å². The highest BCUT2D eigenvalue weighted by Crippen LogP contribution is 2.28. The summed E-state index contributed by atoms with van der Waals surface area (Å²) in [6, 6.07) is 0. The molecule has 5 nitrogen and oxygen atoms in total. The standard InChI is InChI=1S/C8H8F3N5/c1-2-16-3-13-4-5(12)14-7(8(9,10)11)15-6(4)16/h3H,2H2,1H3,(H2,12,14,15). The number of nitrogens with two attached hydrogens (primary N) is 1. The Hall–Kier alpha value is -1.86. The predicted octanol–water partition coefficient (Wildman–Crippen LogP) is 1.45. The van der Waals surface area contributed by atoms with Crippen molar-refractivity contribution >= 4 is 17.0 Å². The maximum atomic E-state index is 12.4. The Bertz CT molecular complexity index is 530. The van der Waals surface area contributed by atoms with Crippen molar-refractivity contribution < 1.29 is 13.2 Å². The van der Waals surface area contributed by atoms with Crippen LogP contribution in [0.3, 0.4) is 0 Å². The zero-order chi connectivity index (χ0) is 11.9. The topological polar surface area (TPSA) is 69.6 Å². The number of halogens is 3. The van der Waals surface area contributed by atoms with E-state index in [0.29, 0.717) is 6.54 Å². The Morgan fingerprint density at radius 1 is 1.38 bits per heavy atom. The van der Waals surface area contributed by atoms with Crippen molar-refractivity contribution in [2.75, 3.05) is 5.73 Å². The van der Waals surface area contributed by atoms with Crippen LogP contribution in [0, 0.1) is 0 Å². The molecule has 0 saturated heterocycles. The zero-order valence-electron chi connectivity index (χ0n) is 8.28. The lowest BCUT2D eigenvalue weighted by Gasteiger charge is -2.06. The lowest BCUT2D eigenvalue weighted by atomic mass is 10.4. The molecule has 8 heteroatoms. The Labute approximate surface area is 88.1 Å². The number of aromatic nitrogens is 4. The maximum absolute atomic E-state index is 12.4. The van der Waals surface area contributed by atoms with Crippen LogP contribution in [-0.4, -0.2) is 19.5 Å². The van der Waals surface area contributed by atoms with Gasteiger partial charge in [0.2, 0.25) is 5.82 Å². The second-order valence-electron chi connectivity index (χ2n) is 3.13. The first-order valence-corrected chi connectivity index (χ1v) is 4.49. The molecule has 0 radical (unpaired) electrons. The third kappa shape index (κ3) is 1.55. The highest BCUT2D eigenvalue weighted by Gasteiger charge is 2.35. The molecule has 2 heterocycles. The summed E-state index contributed by atoms with van der Waals surface area (Å²) in [7, 11) is 0. The van der Waals surface area contributed by atoms with Crippen molar-refractivity contribution in [1.82, 2.24) is 19.5 Å². The summed E-state index contributed by atoms with van der Waals surface area (Å²) in [6.07, 6.45) is -3.22. The molecule has 2 aromatic heterocycles. The number of nitrogen functional groups attached to an aromatic ring is 1. The van der Waals surface area contributed by atoms with E-state index in [1.54, 1.807) is 6.92 Å². The molecule has 0 spiro atoms. The minimum Gasteiger partial charge on any atom is -0.382 e. The summed E-state index contributed by atoms with van der Waals surface area (Å²) >= 11 is 0. The first-order valence-electron chi connectivity index (χ1n) is 4.49. The van der Waals surface area contributed by atoms with Gasteiger partial charge in [0, 0.05) is 6.54 Å². The first kappa shape index (κ1) is 10.7. The first-order chi connectivity index (χ1) is 7.43. The molecular formula is C8H8F3N5. The molecule has 86 valence electrons. The predicted molar refractivity (Wildman–Crippen MR) is 50.4 cm³/mol. The molecule has 0 fully saturated rings. The van der Waals surface area contributed by atoms with Gasteiger partial charge in [-0.05, 0) is 6.92 Å². The SMILES string of the molecule is CCn1cnc2c(N)nc(C(F)(F)F)nc21. The van der Waals surface area contributed by atoms with E-state index in [1.807, 2.05) is 0 Å². The average molecular weight is 231 g/mol. The minimum absolute atomic E-state index is 0.0994. The number of aryl methyl sites for hydroxylation is 1. The lowest BCUT2D eigenvalue weighted by Crippen LogP contribution is -2.13. The molecule has 2 N–H and O–H groups in total. The summed E-state index contributed by atoms with van der Waals surface area (Å²) in [5.74, 6) is -1.50. The van der Waals surface area contributed by atoms with Gasteiger partial charge < -0.3 is 10.3 Å². The molecule has 0 aliphatic carbocycles. The summed E-state index contributed by atoms with van der Waals surface area (Å²) < 4.78 is 38.8. The molecule has 0 saturated carbocycles. The third-order valence-electron chi connectivity index (χ3n) is 2.09. The molecule has 0 bridgehead atoms. The van der Waals surface area contributed by atoms with Gasteiger partial charge in [0.1, 0.15) is 5.52 Å². The van der Waals surface area contributed by atoms with E-state index in [2.05, 4.69) is 15.0 Å². The number of imidazole rings is 1. The molecule has 0 aliphatic heterocycles. The lowest BCUT2D eigenvalue weighted by molar-refractivity contribution is -0.144. The van der Waals surface area contributed by atoms with E-state index in [0.717, 1.165) is 0 Å².